The Labute approximate surface area is 369 Å². The van der Waals surface area contributed by atoms with Crippen LogP contribution in [0.2, 0.25) is 0 Å². The summed E-state index contributed by atoms with van der Waals surface area (Å²) in [4.78, 5) is 32.9. The Bertz CT molecular complexity index is 2820. The Morgan fingerprint density at radius 2 is 1.33 bits per heavy atom. The molecule has 0 aliphatic carbocycles. The van der Waals surface area contributed by atoms with Crippen LogP contribution < -0.4 is 9.64 Å². The van der Waals surface area contributed by atoms with Crippen molar-refractivity contribution in [1.82, 2.24) is 30.0 Å². The maximum Gasteiger partial charge on any atom is 0.343 e. The topological polar surface area (TPSA) is 137 Å². The molecular weight excluding hydrogens is 791 g/mol. The third-order valence-electron chi connectivity index (χ3n) is 12.2. The largest absolute Gasteiger partial charge is 0.505 e. The van der Waals surface area contributed by atoms with Crippen molar-refractivity contribution in [3.05, 3.63) is 136 Å². The third-order valence-corrected chi connectivity index (χ3v) is 12.2. The van der Waals surface area contributed by atoms with Gasteiger partial charge in [-0.2, -0.15) is 0 Å². The number of ketones is 1. The van der Waals surface area contributed by atoms with Gasteiger partial charge in [-0.15, -0.1) is 10.2 Å². The maximum atomic E-state index is 15.8. The number of phenols is 1. The van der Waals surface area contributed by atoms with Crippen molar-refractivity contribution in [3.8, 4) is 22.9 Å². The summed E-state index contributed by atoms with van der Waals surface area (Å²) in [6, 6.07) is 23.4. The minimum absolute atomic E-state index is 0.0887. The van der Waals surface area contributed by atoms with E-state index in [1.165, 1.54) is 14.9 Å². The lowest BCUT2D eigenvalue weighted by molar-refractivity contribution is 0.0172. The number of rotatable bonds is 18. The lowest BCUT2D eigenvalue weighted by Crippen LogP contribution is -2.27. The van der Waals surface area contributed by atoms with E-state index < -0.39 is 23.7 Å². The lowest BCUT2D eigenvalue weighted by Gasteiger charge is -2.31. The van der Waals surface area contributed by atoms with Crippen molar-refractivity contribution in [2.24, 2.45) is 0 Å². The van der Waals surface area contributed by atoms with Gasteiger partial charge in [-0.05, 0) is 125 Å². The number of carbonyl (C=O) groups excluding carboxylic acids is 2. The van der Waals surface area contributed by atoms with Crippen LogP contribution in [0.5, 0.6) is 17.2 Å². The highest BCUT2D eigenvalue weighted by Gasteiger charge is 2.39. The highest BCUT2D eigenvalue weighted by Crippen LogP contribution is 2.52. The first kappa shape index (κ1) is 44.2. The summed E-state index contributed by atoms with van der Waals surface area (Å²) >= 11 is 0. The molecule has 326 valence electrons. The number of benzene rings is 5. The van der Waals surface area contributed by atoms with E-state index in [4.69, 9.17) is 9.47 Å². The SMILES string of the molecule is C=C(CCCC)C(OC(=O)c1c(C(=O)c2ccccc2)c(O)c(N(CC)CC)c(Oc2c(C)c(C)c(C)c(C)c2CCCC)c1-n1nnc2ccccc21)n1nnc2ccccc21. The zero-order chi connectivity index (χ0) is 44.9. The van der Waals surface area contributed by atoms with Crippen LogP contribution in [0.3, 0.4) is 0 Å². The highest BCUT2D eigenvalue weighted by molar-refractivity contribution is 6.19. The van der Waals surface area contributed by atoms with Gasteiger partial charge >= 0.3 is 5.97 Å². The van der Waals surface area contributed by atoms with E-state index in [0.29, 0.717) is 52.9 Å². The number of hydrogen-bond acceptors (Lipinski definition) is 10. The first-order valence-corrected chi connectivity index (χ1v) is 22.0. The number of fused-ring (bicyclic) bond motifs is 2. The summed E-state index contributed by atoms with van der Waals surface area (Å²) in [7, 11) is 0. The zero-order valence-corrected chi connectivity index (χ0v) is 37.7. The number of esters is 1. The van der Waals surface area contributed by atoms with E-state index in [-0.39, 0.29) is 33.8 Å². The van der Waals surface area contributed by atoms with E-state index in [9.17, 15) is 5.11 Å². The molecule has 2 aromatic heterocycles. The summed E-state index contributed by atoms with van der Waals surface area (Å²) in [5.41, 5.74) is 8.21. The maximum absolute atomic E-state index is 15.8. The molecule has 7 rings (SSSR count). The Morgan fingerprint density at radius 1 is 0.730 bits per heavy atom. The molecule has 63 heavy (non-hydrogen) atoms. The average molecular weight is 848 g/mol. The first-order chi connectivity index (χ1) is 30.5. The van der Waals surface area contributed by atoms with Gasteiger partial charge in [-0.1, -0.05) is 98.3 Å². The van der Waals surface area contributed by atoms with Gasteiger partial charge in [0.15, 0.2) is 17.3 Å². The Morgan fingerprint density at radius 3 is 2.00 bits per heavy atom. The van der Waals surface area contributed by atoms with Crippen molar-refractivity contribution < 1.29 is 24.2 Å². The summed E-state index contributed by atoms with van der Waals surface area (Å²) < 4.78 is 17.1. The molecule has 0 saturated heterocycles. The number of para-hydroxylation sites is 2. The van der Waals surface area contributed by atoms with Crippen molar-refractivity contribution in [2.45, 2.75) is 100 Å². The number of hydrogen-bond donors (Lipinski definition) is 1. The molecular formula is C51H57N7O5. The van der Waals surface area contributed by atoms with Gasteiger partial charge in [0, 0.05) is 18.7 Å². The molecule has 2 heterocycles. The molecule has 1 N–H and O–H groups in total. The van der Waals surface area contributed by atoms with E-state index in [1.807, 2.05) is 74.2 Å². The van der Waals surface area contributed by atoms with E-state index in [0.717, 1.165) is 54.4 Å². The van der Waals surface area contributed by atoms with Gasteiger partial charge in [0.05, 0.1) is 16.6 Å². The molecule has 0 amide bonds. The minimum atomic E-state index is -1.14. The third kappa shape index (κ3) is 8.29. The molecule has 12 heteroatoms. The predicted octanol–water partition coefficient (Wildman–Crippen LogP) is 11.4. The minimum Gasteiger partial charge on any atom is -0.505 e. The lowest BCUT2D eigenvalue weighted by atomic mass is 9.90. The standard InChI is InChI=1S/C51H57N7O5/c1-10-14-23-31(5)50(58-41-30-22-20-28-39(41)53-55-58)63-51(61)42-43(46(59)36-24-17-16-18-25-36)47(60)45(56(12-3)13-4)49(44(42)57-40-29-21-19-27-38(40)52-54-57)62-48-35(9)33(7)32(6)34(8)37(48)26-15-11-2/h16-22,24-25,27-30,50,60H,5,10-15,23,26H2,1-4,6-9H3. The number of unbranched alkanes of at least 4 members (excludes halogenated alkanes) is 2. The van der Waals surface area contributed by atoms with Gasteiger partial charge in [-0.25, -0.2) is 14.2 Å². The smallest absolute Gasteiger partial charge is 0.343 e. The number of nitrogens with zero attached hydrogens (tertiary/aromatic N) is 7. The molecule has 0 saturated carbocycles. The second-order valence-electron chi connectivity index (χ2n) is 16.0. The van der Waals surface area contributed by atoms with Crippen molar-refractivity contribution in [3.63, 3.8) is 0 Å². The quantitative estimate of drug-likeness (QED) is 0.0504. The summed E-state index contributed by atoms with van der Waals surface area (Å²) in [6.45, 7) is 21.7. The molecule has 0 bridgehead atoms. The number of ether oxygens (including phenoxy) is 2. The second kappa shape index (κ2) is 19.1. The van der Waals surface area contributed by atoms with Gasteiger partial charge in [0.2, 0.25) is 6.23 Å². The fourth-order valence-corrected chi connectivity index (χ4v) is 8.31. The molecule has 7 aromatic rings. The summed E-state index contributed by atoms with van der Waals surface area (Å²) in [5, 5.41) is 31.0. The van der Waals surface area contributed by atoms with Crippen LogP contribution in [-0.2, 0) is 11.2 Å². The van der Waals surface area contributed by atoms with Crippen molar-refractivity contribution in [1.29, 1.82) is 0 Å². The van der Waals surface area contributed by atoms with Crippen LogP contribution in [0.25, 0.3) is 27.8 Å². The molecule has 0 spiro atoms. The van der Waals surface area contributed by atoms with Crippen LogP contribution >= 0.6 is 0 Å². The van der Waals surface area contributed by atoms with Crippen LogP contribution in [0.15, 0.2) is 91.0 Å². The average Bonchev–Trinajstić information content (AvgIpc) is 3.94. The van der Waals surface area contributed by atoms with Gasteiger partial charge < -0.3 is 19.5 Å². The first-order valence-electron chi connectivity index (χ1n) is 22.0. The van der Waals surface area contributed by atoms with Crippen LogP contribution in [0, 0.1) is 27.7 Å². The molecule has 0 aliphatic heterocycles. The van der Waals surface area contributed by atoms with Crippen LogP contribution in [0.1, 0.15) is 120 Å². The monoisotopic (exact) mass is 847 g/mol. The molecule has 0 radical (unpaired) electrons. The number of anilines is 1. The molecule has 1 atom stereocenters. The Hall–Kier alpha value is -6.82. The second-order valence-corrected chi connectivity index (χ2v) is 16.0. The summed E-state index contributed by atoms with van der Waals surface area (Å²) in [6.07, 6.45) is 3.64. The fourth-order valence-electron chi connectivity index (χ4n) is 8.31. The number of aromatic hydroxyl groups is 1. The van der Waals surface area contributed by atoms with Crippen molar-refractivity contribution >= 4 is 39.5 Å². The Balaban J connectivity index is 1.63. The number of carbonyl (C=O) groups is 2. The van der Waals surface area contributed by atoms with Crippen LogP contribution in [-0.4, -0.2) is 59.9 Å². The number of aromatic nitrogens is 6. The molecule has 0 fully saturated rings. The fraction of sp³-hybridized carbons (Fsp3) is 0.333. The van der Waals surface area contributed by atoms with Gasteiger partial charge in [-0.3, -0.25) is 4.79 Å². The normalized spacial score (nSPS) is 11.9. The zero-order valence-electron chi connectivity index (χ0n) is 37.7. The van der Waals surface area contributed by atoms with E-state index in [1.54, 1.807) is 30.3 Å². The van der Waals surface area contributed by atoms with Crippen molar-refractivity contribution in [2.75, 3.05) is 18.0 Å². The molecule has 5 aromatic carbocycles. The molecule has 0 aliphatic rings. The molecule has 12 nitrogen and oxygen atoms in total. The highest BCUT2D eigenvalue weighted by atomic mass is 16.6. The molecule has 1 unspecified atom stereocenters. The Kier molecular flexibility index (Phi) is 13.4. The van der Waals surface area contributed by atoms with E-state index in [2.05, 4.69) is 61.8 Å². The predicted molar refractivity (Wildman–Crippen MR) is 249 cm³/mol. The number of phenolic OH excluding ortho intramolecular Hbond substituents is 1. The summed E-state index contributed by atoms with van der Waals surface area (Å²) in [5.74, 6) is -1.22. The van der Waals surface area contributed by atoms with Gasteiger partial charge in [0.1, 0.15) is 33.7 Å². The van der Waals surface area contributed by atoms with Gasteiger partial charge in [0.25, 0.3) is 0 Å². The van der Waals surface area contributed by atoms with E-state index >= 15 is 9.59 Å². The van der Waals surface area contributed by atoms with Crippen LogP contribution in [0.4, 0.5) is 5.69 Å².